The Labute approximate surface area is 178 Å². The highest BCUT2D eigenvalue weighted by Crippen LogP contribution is 2.15. The van der Waals surface area contributed by atoms with Gasteiger partial charge in [-0.15, -0.1) is 24.0 Å². The van der Waals surface area contributed by atoms with Crippen LogP contribution in [0.4, 0.5) is 0 Å². The van der Waals surface area contributed by atoms with Crippen LogP contribution in [0.3, 0.4) is 0 Å². The Morgan fingerprint density at radius 1 is 1.26 bits per heavy atom. The van der Waals surface area contributed by atoms with Gasteiger partial charge in [-0.05, 0) is 39.3 Å². The molecular weight excluding hydrogens is 455 g/mol. The molecule has 0 saturated heterocycles. The third-order valence-corrected chi connectivity index (χ3v) is 4.46. The molecular formula is C19H31IN6O. The first-order chi connectivity index (χ1) is 12.4. The molecule has 0 aliphatic carbocycles. The Morgan fingerprint density at radius 2 is 1.96 bits per heavy atom. The van der Waals surface area contributed by atoms with Gasteiger partial charge in [-0.3, -0.25) is 9.79 Å². The van der Waals surface area contributed by atoms with E-state index in [1.54, 1.807) is 14.1 Å². The van der Waals surface area contributed by atoms with E-state index >= 15 is 0 Å². The highest BCUT2D eigenvalue weighted by atomic mass is 127. The number of hydrogen-bond acceptors (Lipinski definition) is 3. The zero-order chi connectivity index (χ0) is 19.2. The lowest BCUT2D eigenvalue weighted by Crippen LogP contribution is -2.47. The number of aromatic nitrogens is 2. The SMILES string of the molecule is CN=C(NCCCn1c(C)nc2ccccc21)NCC(C)(C)C(=O)NC.I. The molecule has 0 aliphatic rings. The molecule has 150 valence electrons. The quantitative estimate of drug-likeness (QED) is 0.243. The minimum absolute atomic E-state index is 0. The lowest BCUT2D eigenvalue weighted by atomic mass is 9.92. The van der Waals surface area contributed by atoms with Crippen molar-refractivity contribution in [1.29, 1.82) is 0 Å². The van der Waals surface area contributed by atoms with E-state index in [-0.39, 0.29) is 29.9 Å². The molecule has 2 aromatic rings. The molecule has 0 unspecified atom stereocenters. The van der Waals surface area contributed by atoms with Gasteiger partial charge in [-0.1, -0.05) is 12.1 Å². The molecule has 0 aliphatic heterocycles. The van der Waals surface area contributed by atoms with Gasteiger partial charge < -0.3 is 20.5 Å². The average Bonchev–Trinajstić information content (AvgIpc) is 2.95. The van der Waals surface area contributed by atoms with Crippen molar-refractivity contribution in [2.24, 2.45) is 10.4 Å². The number of carbonyl (C=O) groups is 1. The Hall–Kier alpha value is -1.84. The number of imidazole rings is 1. The second-order valence-electron chi connectivity index (χ2n) is 6.97. The predicted molar refractivity (Wildman–Crippen MR) is 122 cm³/mol. The third-order valence-electron chi connectivity index (χ3n) is 4.46. The Bertz CT molecular complexity index is 784. The lowest BCUT2D eigenvalue weighted by Gasteiger charge is -2.24. The summed E-state index contributed by atoms with van der Waals surface area (Å²) in [5, 5.41) is 9.21. The smallest absolute Gasteiger partial charge is 0.227 e. The standard InChI is InChI=1S/C19H30N6O.HI/c1-14-24-15-9-6-7-10-16(15)25(14)12-8-11-22-18(21-5)23-13-19(2,3)17(26)20-4;/h6-7,9-10H,8,11-13H2,1-5H3,(H,20,26)(H2,21,22,23);1H. The van der Waals surface area contributed by atoms with Crippen LogP contribution in [0.5, 0.6) is 0 Å². The maximum absolute atomic E-state index is 11.8. The van der Waals surface area contributed by atoms with Crippen molar-refractivity contribution in [3.8, 4) is 0 Å². The van der Waals surface area contributed by atoms with Gasteiger partial charge in [0.05, 0.1) is 16.4 Å². The summed E-state index contributed by atoms with van der Waals surface area (Å²) < 4.78 is 2.24. The topological polar surface area (TPSA) is 83.3 Å². The van der Waals surface area contributed by atoms with Gasteiger partial charge in [-0.2, -0.15) is 0 Å². The number of para-hydroxylation sites is 2. The zero-order valence-corrected chi connectivity index (χ0v) is 19.1. The fraction of sp³-hybridized carbons (Fsp3) is 0.526. The minimum atomic E-state index is -0.501. The molecule has 27 heavy (non-hydrogen) atoms. The number of nitrogens with zero attached hydrogens (tertiary/aromatic N) is 3. The number of carbonyl (C=O) groups excluding carboxylic acids is 1. The summed E-state index contributed by atoms with van der Waals surface area (Å²) in [4.78, 5) is 20.7. The second kappa shape index (κ2) is 10.5. The second-order valence-corrected chi connectivity index (χ2v) is 6.97. The molecule has 8 heteroatoms. The van der Waals surface area contributed by atoms with E-state index in [9.17, 15) is 4.79 Å². The van der Waals surface area contributed by atoms with E-state index in [1.165, 1.54) is 5.52 Å². The molecule has 3 N–H and O–H groups in total. The normalized spacial score (nSPS) is 11.8. The van der Waals surface area contributed by atoms with Gasteiger partial charge in [-0.25, -0.2) is 4.98 Å². The van der Waals surface area contributed by atoms with Crippen LogP contribution in [-0.2, 0) is 11.3 Å². The molecule has 1 heterocycles. The fourth-order valence-electron chi connectivity index (χ4n) is 2.87. The van der Waals surface area contributed by atoms with E-state index in [2.05, 4.69) is 36.6 Å². The number of nitrogens with one attached hydrogen (secondary N) is 3. The van der Waals surface area contributed by atoms with Crippen molar-refractivity contribution in [1.82, 2.24) is 25.5 Å². The molecule has 0 spiro atoms. The molecule has 1 aromatic heterocycles. The maximum Gasteiger partial charge on any atom is 0.227 e. The average molecular weight is 486 g/mol. The number of fused-ring (bicyclic) bond motifs is 1. The van der Waals surface area contributed by atoms with E-state index in [0.717, 1.165) is 30.9 Å². The van der Waals surface area contributed by atoms with E-state index in [1.807, 2.05) is 39.0 Å². The van der Waals surface area contributed by atoms with Crippen LogP contribution in [0.2, 0.25) is 0 Å². The van der Waals surface area contributed by atoms with Crippen LogP contribution in [-0.4, -0.2) is 48.6 Å². The Balaban J connectivity index is 0.00000364. The maximum atomic E-state index is 11.8. The summed E-state index contributed by atoms with van der Waals surface area (Å²) in [6.45, 7) is 8.02. The van der Waals surface area contributed by atoms with Crippen LogP contribution >= 0.6 is 24.0 Å². The first-order valence-electron chi connectivity index (χ1n) is 8.97. The van der Waals surface area contributed by atoms with E-state index in [4.69, 9.17) is 0 Å². The van der Waals surface area contributed by atoms with Gasteiger partial charge >= 0.3 is 0 Å². The summed E-state index contributed by atoms with van der Waals surface area (Å²) in [6.07, 6.45) is 0.945. The molecule has 0 radical (unpaired) electrons. The summed E-state index contributed by atoms with van der Waals surface area (Å²) >= 11 is 0. The van der Waals surface area contributed by atoms with Crippen molar-refractivity contribution < 1.29 is 4.79 Å². The Kier molecular flexibility index (Phi) is 9.01. The van der Waals surface area contributed by atoms with Crippen LogP contribution in [0.15, 0.2) is 29.3 Å². The molecule has 1 aromatic carbocycles. The molecule has 7 nitrogen and oxygen atoms in total. The van der Waals surface area contributed by atoms with Crippen molar-refractivity contribution in [2.45, 2.75) is 33.7 Å². The molecule has 0 fully saturated rings. The van der Waals surface area contributed by atoms with Gasteiger partial charge in [0.15, 0.2) is 5.96 Å². The van der Waals surface area contributed by atoms with Crippen LogP contribution in [0.1, 0.15) is 26.1 Å². The van der Waals surface area contributed by atoms with E-state index < -0.39 is 5.41 Å². The number of aliphatic imine (C=N–C) groups is 1. The monoisotopic (exact) mass is 486 g/mol. The first-order valence-corrected chi connectivity index (χ1v) is 8.97. The summed E-state index contributed by atoms with van der Waals surface area (Å²) in [6, 6.07) is 8.19. The Morgan fingerprint density at radius 3 is 2.63 bits per heavy atom. The van der Waals surface area contributed by atoms with Crippen molar-refractivity contribution >= 4 is 46.9 Å². The molecule has 0 saturated carbocycles. The van der Waals surface area contributed by atoms with Gasteiger partial charge in [0.2, 0.25) is 5.91 Å². The number of rotatable bonds is 7. The lowest BCUT2D eigenvalue weighted by molar-refractivity contribution is -0.128. The number of amides is 1. The number of halogens is 1. The number of guanidine groups is 1. The number of aryl methyl sites for hydroxylation is 2. The molecule has 2 rings (SSSR count). The van der Waals surface area contributed by atoms with E-state index in [0.29, 0.717) is 12.5 Å². The van der Waals surface area contributed by atoms with Gasteiger partial charge in [0, 0.05) is 33.7 Å². The summed E-state index contributed by atoms with van der Waals surface area (Å²) in [5.41, 5.74) is 1.70. The number of hydrogen-bond donors (Lipinski definition) is 3. The first kappa shape index (κ1) is 23.2. The van der Waals surface area contributed by atoms with Gasteiger partial charge in [0.25, 0.3) is 0 Å². The minimum Gasteiger partial charge on any atom is -0.359 e. The molecule has 0 atom stereocenters. The predicted octanol–water partition coefficient (Wildman–Crippen LogP) is 2.29. The van der Waals surface area contributed by atoms with Crippen molar-refractivity contribution in [3.05, 3.63) is 30.1 Å². The third kappa shape index (κ3) is 6.08. The summed E-state index contributed by atoms with van der Waals surface area (Å²) in [7, 11) is 3.38. The van der Waals surface area contributed by atoms with Gasteiger partial charge in [0.1, 0.15) is 5.82 Å². The van der Waals surface area contributed by atoms with Crippen LogP contribution in [0.25, 0.3) is 11.0 Å². The highest BCUT2D eigenvalue weighted by Gasteiger charge is 2.26. The van der Waals surface area contributed by atoms with Crippen LogP contribution in [0, 0.1) is 12.3 Å². The summed E-state index contributed by atoms with van der Waals surface area (Å²) in [5.74, 6) is 1.73. The zero-order valence-electron chi connectivity index (χ0n) is 16.8. The largest absolute Gasteiger partial charge is 0.359 e. The fourth-order valence-corrected chi connectivity index (χ4v) is 2.87. The van der Waals surface area contributed by atoms with Crippen LogP contribution < -0.4 is 16.0 Å². The number of benzene rings is 1. The van der Waals surface area contributed by atoms with Crippen molar-refractivity contribution in [3.63, 3.8) is 0 Å². The highest BCUT2D eigenvalue weighted by molar-refractivity contribution is 14.0. The molecule has 1 amide bonds. The molecule has 0 bridgehead atoms. The van der Waals surface area contributed by atoms with Crippen molar-refractivity contribution in [2.75, 3.05) is 27.2 Å².